The molecule has 2 fully saturated rings. The average Bonchev–Trinajstić information content (AvgIpc) is 2.90. The lowest BCUT2D eigenvalue weighted by Crippen LogP contribution is -2.59. The predicted octanol–water partition coefficient (Wildman–Crippen LogP) is 2.78. The molecule has 0 spiro atoms. The summed E-state index contributed by atoms with van der Waals surface area (Å²) >= 11 is 0. The highest BCUT2D eigenvalue weighted by Gasteiger charge is 2.52. The summed E-state index contributed by atoms with van der Waals surface area (Å²) in [5.74, 6) is 0.153. The van der Waals surface area contributed by atoms with E-state index < -0.39 is 15.6 Å². The zero-order valence-corrected chi connectivity index (χ0v) is 17.4. The van der Waals surface area contributed by atoms with Crippen molar-refractivity contribution < 1.29 is 17.9 Å². The van der Waals surface area contributed by atoms with Crippen molar-refractivity contribution in [3.05, 3.63) is 36.2 Å². The molecule has 0 aliphatic carbocycles. The quantitative estimate of drug-likeness (QED) is 0.770. The van der Waals surface area contributed by atoms with Gasteiger partial charge >= 0.3 is 6.09 Å². The molecule has 28 heavy (non-hydrogen) atoms. The van der Waals surface area contributed by atoms with Crippen molar-refractivity contribution in [3.8, 4) is 0 Å². The van der Waals surface area contributed by atoms with E-state index in [1.807, 2.05) is 33.8 Å². The summed E-state index contributed by atoms with van der Waals surface area (Å²) in [7, 11) is -3.67. The molecular formula is C20H25N3O4S. The zero-order chi connectivity index (χ0) is 20.3. The lowest BCUT2D eigenvalue weighted by molar-refractivity contribution is -0.0164. The summed E-state index contributed by atoms with van der Waals surface area (Å²) in [6, 6.07) is 5.14. The van der Waals surface area contributed by atoms with Crippen molar-refractivity contribution in [1.29, 1.82) is 0 Å². The van der Waals surface area contributed by atoms with Gasteiger partial charge in [-0.25, -0.2) is 13.2 Å². The Balaban J connectivity index is 1.59. The minimum absolute atomic E-state index is 0.123. The number of likely N-dealkylation sites (tertiary alicyclic amines) is 1. The van der Waals surface area contributed by atoms with Crippen molar-refractivity contribution in [2.45, 2.75) is 44.2 Å². The second-order valence-electron chi connectivity index (χ2n) is 8.59. The summed E-state index contributed by atoms with van der Waals surface area (Å²) in [4.78, 5) is 18.5. The summed E-state index contributed by atoms with van der Waals surface area (Å²) in [5.41, 5.74) is 0.260. The second-order valence-corrected chi connectivity index (χ2v) is 10.5. The molecule has 8 heteroatoms. The molecule has 4 rings (SSSR count). The van der Waals surface area contributed by atoms with Gasteiger partial charge in [0.25, 0.3) is 0 Å². The van der Waals surface area contributed by atoms with Crippen molar-refractivity contribution in [2.24, 2.45) is 5.92 Å². The maximum atomic E-state index is 13.4. The van der Waals surface area contributed by atoms with Gasteiger partial charge in [0, 0.05) is 48.7 Å². The summed E-state index contributed by atoms with van der Waals surface area (Å²) < 4.78 is 33.7. The van der Waals surface area contributed by atoms with Crippen LogP contribution < -0.4 is 0 Å². The van der Waals surface area contributed by atoms with Crippen molar-refractivity contribution >= 4 is 26.9 Å². The lowest BCUT2D eigenvalue weighted by Gasteiger charge is -2.43. The van der Waals surface area contributed by atoms with Gasteiger partial charge in [-0.3, -0.25) is 4.98 Å². The molecule has 7 nitrogen and oxygen atoms in total. The van der Waals surface area contributed by atoms with Crippen LogP contribution in [-0.4, -0.2) is 60.0 Å². The Labute approximate surface area is 165 Å². The van der Waals surface area contributed by atoms with Crippen LogP contribution in [0.15, 0.2) is 35.5 Å². The van der Waals surface area contributed by atoms with Crippen molar-refractivity contribution in [2.75, 3.05) is 19.6 Å². The molecule has 0 bridgehead atoms. The lowest BCUT2D eigenvalue weighted by atomic mass is 9.93. The van der Waals surface area contributed by atoms with Gasteiger partial charge in [0.15, 0.2) is 0 Å². The van der Waals surface area contributed by atoms with E-state index in [4.69, 9.17) is 4.74 Å². The number of amides is 1. The molecule has 2 aliphatic rings. The van der Waals surface area contributed by atoms with Crippen LogP contribution in [0.2, 0.25) is 0 Å². The smallest absolute Gasteiger partial charge is 0.410 e. The number of pyridine rings is 1. The minimum Gasteiger partial charge on any atom is -0.444 e. The number of carbonyl (C=O) groups is 1. The number of hydrogen-bond acceptors (Lipinski definition) is 5. The molecule has 2 saturated heterocycles. The Bertz CT molecular complexity index is 1040. The van der Waals surface area contributed by atoms with E-state index in [1.54, 1.807) is 29.4 Å². The van der Waals surface area contributed by atoms with Crippen LogP contribution in [0.3, 0.4) is 0 Å². The molecule has 0 unspecified atom stereocenters. The fourth-order valence-corrected chi connectivity index (χ4v) is 5.85. The molecule has 150 valence electrons. The second kappa shape index (κ2) is 6.42. The van der Waals surface area contributed by atoms with Gasteiger partial charge in [-0.1, -0.05) is 12.1 Å². The predicted molar refractivity (Wildman–Crippen MR) is 105 cm³/mol. The highest BCUT2D eigenvalue weighted by atomic mass is 32.2. The van der Waals surface area contributed by atoms with Gasteiger partial charge in [-0.05, 0) is 39.3 Å². The van der Waals surface area contributed by atoms with Gasteiger partial charge in [-0.2, -0.15) is 4.31 Å². The molecule has 2 atom stereocenters. The molecule has 0 N–H and O–H groups in total. The number of hydrogen-bond donors (Lipinski definition) is 0. The Morgan fingerprint density at radius 1 is 1.18 bits per heavy atom. The van der Waals surface area contributed by atoms with E-state index >= 15 is 0 Å². The van der Waals surface area contributed by atoms with Gasteiger partial charge in [0.1, 0.15) is 5.60 Å². The highest BCUT2D eigenvalue weighted by molar-refractivity contribution is 7.89. The van der Waals surface area contributed by atoms with E-state index in [-0.39, 0.29) is 18.1 Å². The van der Waals surface area contributed by atoms with E-state index in [0.717, 1.165) is 10.9 Å². The Kier molecular flexibility index (Phi) is 4.39. The number of ether oxygens (including phenoxy) is 1. The number of rotatable bonds is 2. The first-order valence-electron chi connectivity index (χ1n) is 9.41. The maximum absolute atomic E-state index is 13.4. The van der Waals surface area contributed by atoms with Crippen LogP contribution in [0.4, 0.5) is 4.79 Å². The molecular weight excluding hydrogens is 378 g/mol. The zero-order valence-electron chi connectivity index (χ0n) is 16.5. The minimum atomic E-state index is -3.67. The molecule has 2 aromatic rings. The van der Waals surface area contributed by atoms with Crippen molar-refractivity contribution in [3.63, 3.8) is 0 Å². The van der Waals surface area contributed by atoms with Crippen LogP contribution >= 0.6 is 0 Å². The van der Waals surface area contributed by atoms with Gasteiger partial charge in [0.2, 0.25) is 10.0 Å². The number of sulfonamides is 1. The van der Waals surface area contributed by atoms with Crippen LogP contribution in [0.1, 0.15) is 26.3 Å². The van der Waals surface area contributed by atoms with Gasteiger partial charge in [0.05, 0.1) is 10.9 Å². The maximum Gasteiger partial charge on any atom is 0.410 e. The summed E-state index contributed by atoms with van der Waals surface area (Å²) in [6.45, 7) is 8.60. The SMILES string of the molecule is Cc1cncc2cccc(S(=O)(=O)N3C[C@H]4CN(C(=O)OC(C)(C)C)[C@H]4C3)c12. The Morgan fingerprint density at radius 3 is 2.64 bits per heavy atom. The number of nitrogens with zero attached hydrogens (tertiary/aromatic N) is 3. The normalized spacial score (nSPS) is 22.8. The number of aryl methyl sites for hydroxylation is 1. The molecule has 0 radical (unpaired) electrons. The first kappa shape index (κ1) is 19.1. The molecule has 1 aromatic carbocycles. The third-order valence-corrected chi connectivity index (χ3v) is 7.26. The van der Waals surface area contributed by atoms with Gasteiger partial charge in [-0.15, -0.1) is 0 Å². The number of carbonyl (C=O) groups excluding carboxylic acids is 1. The molecule has 0 saturated carbocycles. The number of benzene rings is 1. The monoisotopic (exact) mass is 403 g/mol. The largest absolute Gasteiger partial charge is 0.444 e. The molecule has 1 amide bonds. The Hall–Kier alpha value is -2.19. The highest BCUT2D eigenvalue weighted by Crippen LogP contribution is 2.37. The van der Waals surface area contributed by atoms with Crippen LogP contribution in [-0.2, 0) is 14.8 Å². The van der Waals surface area contributed by atoms with E-state index in [9.17, 15) is 13.2 Å². The first-order valence-corrected chi connectivity index (χ1v) is 10.8. The standard InChI is InChI=1S/C20H25N3O4S/c1-13-8-21-9-14-6-5-7-17(18(13)14)28(25,26)22-10-15-11-23(16(15)12-22)19(24)27-20(2,3)4/h5-9,15-16H,10-12H2,1-4H3/t15-,16-/m0/s1. The summed E-state index contributed by atoms with van der Waals surface area (Å²) in [6.07, 6.45) is 2.98. The van der Waals surface area contributed by atoms with Crippen LogP contribution in [0.5, 0.6) is 0 Å². The molecule has 2 aliphatic heterocycles. The Morgan fingerprint density at radius 2 is 1.93 bits per heavy atom. The fraction of sp³-hybridized carbons (Fsp3) is 0.500. The van der Waals surface area contributed by atoms with E-state index in [1.165, 1.54) is 4.31 Å². The fourth-order valence-electron chi connectivity index (χ4n) is 4.05. The van der Waals surface area contributed by atoms with Crippen LogP contribution in [0.25, 0.3) is 10.8 Å². The molecule has 1 aromatic heterocycles. The van der Waals surface area contributed by atoms with Crippen molar-refractivity contribution in [1.82, 2.24) is 14.2 Å². The topological polar surface area (TPSA) is 79.8 Å². The van der Waals surface area contributed by atoms with E-state index in [2.05, 4.69) is 4.98 Å². The number of fused-ring (bicyclic) bond motifs is 2. The summed E-state index contributed by atoms with van der Waals surface area (Å²) in [5, 5.41) is 1.51. The molecule has 3 heterocycles. The van der Waals surface area contributed by atoms with E-state index in [0.29, 0.717) is 29.9 Å². The third kappa shape index (κ3) is 3.14. The average molecular weight is 404 g/mol. The van der Waals surface area contributed by atoms with Crippen LogP contribution in [0, 0.1) is 12.8 Å². The van der Waals surface area contributed by atoms with Gasteiger partial charge < -0.3 is 9.64 Å². The third-order valence-electron chi connectivity index (χ3n) is 5.38. The number of aromatic nitrogens is 1. The first-order chi connectivity index (χ1) is 13.1.